The van der Waals surface area contributed by atoms with Gasteiger partial charge >= 0.3 is 60.3 Å². The van der Waals surface area contributed by atoms with E-state index in [0.29, 0.717) is 0 Å². The van der Waals surface area contributed by atoms with Gasteiger partial charge in [0.15, 0.2) is 0 Å². The zero-order valence-corrected chi connectivity index (χ0v) is 6.57. The summed E-state index contributed by atoms with van der Waals surface area (Å²) in [5.41, 5.74) is -0.595. The van der Waals surface area contributed by atoms with Gasteiger partial charge in [-0.05, 0) is 0 Å². The zero-order chi connectivity index (χ0) is 4.99. The third-order valence-corrected chi connectivity index (χ3v) is 1.32. The summed E-state index contributed by atoms with van der Waals surface area (Å²) in [5, 5.41) is 8.34. The quantitative estimate of drug-likeness (QED) is 0.412. The topological polar surface area (TPSA) is 20.2 Å². The van der Waals surface area contributed by atoms with E-state index in [-0.39, 0.29) is 0 Å². The molecule has 0 amide bonds. The van der Waals surface area contributed by atoms with Crippen LogP contribution in [0.25, 0.3) is 0 Å². The Bertz CT molecular complexity index is 32.0. The van der Waals surface area contributed by atoms with E-state index >= 15 is 0 Å². The summed E-state index contributed by atoms with van der Waals surface area (Å²) in [4.78, 5) is 0. The summed E-state index contributed by atoms with van der Waals surface area (Å²) in [6, 6.07) is 0. The maximum atomic E-state index is 8.34. The van der Waals surface area contributed by atoms with Crippen molar-refractivity contribution < 1.29 is 5.11 Å². The Kier molecular flexibility index (Phi) is 5.33. The second-order valence-electron chi connectivity index (χ2n) is 1.22. The molecular weight excluding hydrogens is 110 g/mol. The molecule has 3 heteroatoms. The van der Waals surface area contributed by atoms with Crippen molar-refractivity contribution in [2.75, 3.05) is 0 Å². The second kappa shape index (κ2) is 4.41. The second-order valence-corrected chi connectivity index (χ2v) is 2.73. The van der Waals surface area contributed by atoms with Gasteiger partial charge < -0.3 is 0 Å². The van der Waals surface area contributed by atoms with Gasteiger partial charge in [-0.25, -0.2) is 0 Å². The van der Waals surface area contributed by atoms with Crippen LogP contribution in [-0.2, 0) is 0 Å². The Hall–Kier alpha value is 1.25. The number of halogens is 1. The fourth-order valence-electron chi connectivity index (χ4n) is 0.238. The van der Waals surface area contributed by atoms with Crippen LogP contribution in [0.5, 0.6) is 0 Å². The predicted molar refractivity (Wildman–Crippen MR) is 27.0 cm³/mol. The van der Waals surface area contributed by atoms with Crippen LogP contribution in [0.4, 0.5) is 0 Å². The number of aliphatic hydroxyl groups is 1. The molecular formula is C3H6ClNaO. The van der Waals surface area contributed by atoms with E-state index in [0.717, 1.165) is 38.0 Å². The van der Waals surface area contributed by atoms with Crippen molar-refractivity contribution in [3.8, 4) is 0 Å². The number of hydrogen-bond donors (Lipinski definition) is 1. The number of aliphatic hydroxyl groups excluding tert-OH is 1. The molecule has 0 spiro atoms. The Labute approximate surface area is 60.1 Å². The van der Waals surface area contributed by atoms with Crippen LogP contribution in [0.1, 0.15) is 6.42 Å². The van der Waals surface area contributed by atoms with Crippen LogP contribution in [-0.4, -0.2) is 38.6 Å². The number of alkyl halides is 1. The average molecular weight is 117 g/mol. The van der Waals surface area contributed by atoms with E-state index in [4.69, 9.17) is 16.7 Å². The van der Waals surface area contributed by atoms with Crippen molar-refractivity contribution >= 4 is 39.5 Å². The summed E-state index contributed by atoms with van der Waals surface area (Å²) in [6.07, 6.45) is 0.758. The molecule has 0 aromatic heterocycles. The Morgan fingerprint density at radius 1 is 1.83 bits per heavy atom. The van der Waals surface area contributed by atoms with Crippen molar-refractivity contribution in [3.05, 3.63) is 0 Å². The van der Waals surface area contributed by atoms with Gasteiger partial charge in [-0.2, -0.15) is 0 Å². The SMILES string of the molecule is OC(Cl)C[CH2][Na]. The molecule has 0 aromatic rings. The molecule has 1 nitrogen and oxygen atoms in total. The molecule has 1 N–H and O–H groups in total. The number of rotatable bonds is 2. The summed E-state index contributed by atoms with van der Waals surface area (Å²) in [6.45, 7) is 0. The van der Waals surface area contributed by atoms with Crippen LogP contribution in [0.3, 0.4) is 0 Å². The fourth-order valence-corrected chi connectivity index (χ4v) is 1.37. The van der Waals surface area contributed by atoms with Gasteiger partial charge in [0.25, 0.3) is 0 Å². The van der Waals surface area contributed by atoms with Crippen LogP contribution in [0.2, 0.25) is 3.67 Å². The zero-order valence-electron chi connectivity index (χ0n) is 3.82. The Morgan fingerprint density at radius 3 is 2.33 bits per heavy atom. The van der Waals surface area contributed by atoms with Gasteiger partial charge in [0.2, 0.25) is 0 Å². The minimum absolute atomic E-state index is 0.595. The van der Waals surface area contributed by atoms with Crippen LogP contribution in [0, 0.1) is 0 Å². The third kappa shape index (κ3) is 5.25. The first-order valence-electron chi connectivity index (χ1n) is 2.09. The van der Waals surface area contributed by atoms with Crippen molar-refractivity contribution in [2.24, 2.45) is 0 Å². The van der Waals surface area contributed by atoms with Crippen molar-refractivity contribution in [2.45, 2.75) is 15.7 Å². The molecule has 6 heavy (non-hydrogen) atoms. The Morgan fingerprint density at radius 2 is 2.33 bits per heavy atom. The summed E-state index contributed by atoms with van der Waals surface area (Å²) >= 11 is 6.30. The maximum absolute atomic E-state index is 8.34. The van der Waals surface area contributed by atoms with E-state index in [2.05, 4.69) is 0 Å². The molecule has 0 radical (unpaired) electrons. The molecule has 0 fully saturated rings. The molecule has 0 heterocycles. The molecule has 0 aliphatic rings. The minimum atomic E-state index is -0.595. The van der Waals surface area contributed by atoms with Gasteiger partial charge in [0, 0.05) is 0 Å². The summed E-state index contributed by atoms with van der Waals surface area (Å²) in [5.74, 6) is 0. The van der Waals surface area contributed by atoms with Gasteiger partial charge in [-0.1, -0.05) is 0 Å². The van der Waals surface area contributed by atoms with Crippen LogP contribution >= 0.6 is 11.6 Å². The van der Waals surface area contributed by atoms with E-state index in [9.17, 15) is 0 Å². The van der Waals surface area contributed by atoms with E-state index in [1.807, 2.05) is 0 Å². The number of hydrogen-bond acceptors (Lipinski definition) is 1. The van der Waals surface area contributed by atoms with Crippen molar-refractivity contribution in [3.63, 3.8) is 0 Å². The molecule has 0 bridgehead atoms. The first kappa shape index (κ1) is 7.25. The molecule has 0 aliphatic carbocycles. The van der Waals surface area contributed by atoms with Gasteiger partial charge in [0.1, 0.15) is 0 Å². The van der Waals surface area contributed by atoms with Gasteiger partial charge in [0.05, 0.1) is 0 Å². The van der Waals surface area contributed by atoms with E-state index < -0.39 is 5.56 Å². The summed E-state index contributed by atoms with van der Waals surface area (Å²) in [7, 11) is 0. The normalized spacial score (nSPS) is 14.7. The van der Waals surface area contributed by atoms with Crippen molar-refractivity contribution in [1.29, 1.82) is 0 Å². The first-order chi connectivity index (χ1) is 2.77. The average Bonchev–Trinajstić information content (AvgIpc) is 1.35. The predicted octanol–water partition coefficient (Wildman–Crippen LogP) is 0.520. The molecule has 1 atom stereocenters. The van der Waals surface area contributed by atoms with Gasteiger partial charge in [-0.3, -0.25) is 0 Å². The molecule has 0 rings (SSSR count). The third-order valence-electron chi connectivity index (χ3n) is 0.527. The molecule has 32 valence electrons. The molecule has 1 unspecified atom stereocenters. The van der Waals surface area contributed by atoms with E-state index in [1.165, 1.54) is 0 Å². The van der Waals surface area contributed by atoms with Gasteiger partial charge in [-0.15, -0.1) is 0 Å². The fraction of sp³-hybridized carbons (Fsp3) is 1.00. The molecule has 0 aliphatic heterocycles. The molecule has 0 saturated heterocycles. The molecule has 0 aromatic carbocycles. The van der Waals surface area contributed by atoms with E-state index in [1.54, 1.807) is 0 Å². The Balaban J connectivity index is 2.63. The first-order valence-corrected chi connectivity index (χ1v) is 3.94. The monoisotopic (exact) mass is 116 g/mol. The van der Waals surface area contributed by atoms with Crippen LogP contribution < -0.4 is 0 Å². The standard InChI is InChI=1S/C3H6ClO.Na/c1-2-3(4)5;/h3,5H,1-2H2;. The van der Waals surface area contributed by atoms with Crippen molar-refractivity contribution in [1.82, 2.24) is 0 Å². The van der Waals surface area contributed by atoms with Crippen LogP contribution in [0.15, 0.2) is 0 Å². The summed E-state index contributed by atoms with van der Waals surface area (Å²) < 4.78 is 1.09. The molecule has 0 saturated carbocycles.